The first-order chi connectivity index (χ1) is 9.24. The van der Waals surface area contributed by atoms with E-state index in [0.29, 0.717) is 11.3 Å². The SMILES string of the molecule is C=Cc1ccc(OC)c(C(=O)OC2C=CCCC2)c1. The Bertz CT molecular complexity index is 503. The maximum absolute atomic E-state index is 12.2. The van der Waals surface area contributed by atoms with Gasteiger partial charge in [-0.05, 0) is 43.0 Å². The quantitative estimate of drug-likeness (QED) is 0.611. The van der Waals surface area contributed by atoms with Crippen LogP contribution in [0, 0.1) is 0 Å². The number of hydrogen-bond donors (Lipinski definition) is 0. The van der Waals surface area contributed by atoms with E-state index in [-0.39, 0.29) is 12.1 Å². The molecule has 0 bridgehead atoms. The van der Waals surface area contributed by atoms with Crippen LogP contribution in [0.2, 0.25) is 0 Å². The van der Waals surface area contributed by atoms with Crippen LogP contribution in [0.25, 0.3) is 6.08 Å². The molecule has 0 N–H and O–H groups in total. The Kier molecular flexibility index (Phi) is 4.39. The summed E-state index contributed by atoms with van der Waals surface area (Å²) in [4.78, 5) is 12.2. The molecule has 0 spiro atoms. The van der Waals surface area contributed by atoms with Gasteiger partial charge in [0, 0.05) is 0 Å². The summed E-state index contributed by atoms with van der Waals surface area (Å²) in [5.74, 6) is 0.174. The number of rotatable bonds is 4. The van der Waals surface area contributed by atoms with Crippen LogP contribution in [0.4, 0.5) is 0 Å². The third-order valence-corrected chi connectivity index (χ3v) is 3.15. The van der Waals surface area contributed by atoms with Gasteiger partial charge in [0.25, 0.3) is 0 Å². The molecule has 0 fully saturated rings. The van der Waals surface area contributed by atoms with Crippen LogP contribution in [-0.4, -0.2) is 19.2 Å². The van der Waals surface area contributed by atoms with Crippen LogP contribution in [0.5, 0.6) is 5.75 Å². The third-order valence-electron chi connectivity index (χ3n) is 3.15. The predicted octanol–water partition coefficient (Wildman–Crippen LogP) is 3.60. The normalized spacial score (nSPS) is 17.8. The topological polar surface area (TPSA) is 35.5 Å². The van der Waals surface area contributed by atoms with Crippen LogP contribution in [-0.2, 0) is 4.74 Å². The van der Waals surface area contributed by atoms with E-state index in [1.807, 2.05) is 12.1 Å². The van der Waals surface area contributed by atoms with Crippen molar-refractivity contribution in [3.63, 3.8) is 0 Å². The first-order valence-corrected chi connectivity index (χ1v) is 6.42. The second kappa shape index (κ2) is 6.23. The number of hydrogen-bond acceptors (Lipinski definition) is 3. The molecule has 0 heterocycles. The average molecular weight is 258 g/mol. The van der Waals surface area contributed by atoms with Crippen molar-refractivity contribution in [2.24, 2.45) is 0 Å². The van der Waals surface area contributed by atoms with E-state index in [9.17, 15) is 4.79 Å². The summed E-state index contributed by atoms with van der Waals surface area (Å²) in [5.41, 5.74) is 1.31. The number of carbonyl (C=O) groups is 1. The molecule has 1 aromatic rings. The lowest BCUT2D eigenvalue weighted by Crippen LogP contribution is -2.18. The molecule has 1 atom stereocenters. The lowest BCUT2D eigenvalue weighted by Gasteiger charge is -2.18. The highest BCUT2D eigenvalue weighted by Crippen LogP contribution is 2.23. The fourth-order valence-electron chi connectivity index (χ4n) is 2.09. The molecule has 1 unspecified atom stereocenters. The Morgan fingerprint density at radius 3 is 2.95 bits per heavy atom. The number of esters is 1. The van der Waals surface area contributed by atoms with Crippen molar-refractivity contribution in [3.8, 4) is 5.75 Å². The Balaban J connectivity index is 2.19. The summed E-state index contributed by atoms with van der Waals surface area (Å²) in [6.07, 6.45) is 8.56. The second-order valence-corrected chi connectivity index (χ2v) is 4.47. The minimum atomic E-state index is -0.350. The maximum atomic E-state index is 12.2. The van der Waals surface area contributed by atoms with Gasteiger partial charge in [0.2, 0.25) is 0 Å². The zero-order chi connectivity index (χ0) is 13.7. The molecule has 0 aromatic heterocycles. The molecular formula is C16H18O3. The van der Waals surface area contributed by atoms with E-state index >= 15 is 0 Å². The summed E-state index contributed by atoms with van der Waals surface area (Å²) in [5, 5.41) is 0. The molecule has 1 aliphatic rings. The minimum absolute atomic E-state index is 0.127. The second-order valence-electron chi connectivity index (χ2n) is 4.47. The average Bonchev–Trinajstić information content (AvgIpc) is 2.47. The van der Waals surface area contributed by atoms with E-state index < -0.39 is 0 Å². The zero-order valence-corrected chi connectivity index (χ0v) is 11.1. The molecule has 1 aromatic carbocycles. The molecule has 19 heavy (non-hydrogen) atoms. The van der Waals surface area contributed by atoms with Gasteiger partial charge in [-0.1, -0.05) is 24.8 Å². The molecule has 2 rings (SSSR count). The zero-order valence-electron chi connectivity index (χ0n) is 11.1. The summed E-state index contributed by atoms with van der Waals surface area (Å²) in [7, 11) is 1.54. The Hall–Kier alpha value is -2.03. The Morgan fingerprint density at radius 2 is 2.32 bits per heavy atom. The number of methoxy groups -OCH3 is 1. The molecule has 0 amide bonds. The van der Waals surface area contributed by atoms with Crippen molar-refractivity contribution in [3.05, 3.63) is 48.1 Å². The molecule has 1 aliphatic carbocycles. The molecular weight excluding hydrogens is 240 g/mol. The Labute approximate surface area is 113 Å². The van der Waals surface area contributed by atoms with Gasteiger partial charge in [0.1, 0.15) is 17.4 Å². The van der Waals surface area contributed by atoms with Gasteiger partial charge in [-0.25, -0.2) is 4.79 Å². The first kappa shape index (κ1) is 13.4. The number of benzene rings is 1. The summed E-state index contributed by atoms with van der Waals surface area (Å²) in [6.45, 7) is 3.70. The van der Waals surface area contributed by atoms with Crippen LogP contribution in [0.1, 0.15) is 35.2 Å². The van der Waals surface area contributed by atoms with E-state index in [1.54, 1.807) is 25.3 Å². The van der Waals surface area contributed by atoms with Crippen LogP contribution in [0.15, 0.2) is 36.9 Å². The largest absolute Gasteiger partial charge is 0.496 e. The standard InChI is InChI=1S/C16H18O3/c1-3-12-9-10-15(18-2)14(11-12)16(17)19-13-7-5-4-6-8-13/h3,5,7,9-11,13H,1,4,6,8H2,2H3. The van der Waals surface area contributed by atoms with Gasteiger partial charge in [0.05, 0.1) is 7.11 Å². The van der Waals surface area contributed by atoms with Crippen LogP contribution >= 0.6 is 0 Å². The van der Waals surface area contributed by atoms with E-state index in [4.69, 9.17) is 9.47 Å². The van der Waals surface area contributed by atoms with Gasteiger partial charge < -0.3 is 9.47 Å². The monoisotopic (exact) mass is 258 g/mol. The Morgan fingerprint density at radius 1 is 1.47 bits per heavy atom. The third kappa shape index (κ3) is 3.25. The van der Waals surface area contributed by atoms with Crippen LogP contribution < -0.4 is 4.74 Å². The molecule has 100 valence electrons. The number of carbonyl (C=O) groups excluding carboxylic acids is 1. The van der Waals surface area contributed by atoms with Crippen molar-refractivity contribution in [2.45, 2.75) is 25.4 Å². The van der Waals surface area contributed by atoms with Crippen molar-refractivity contribution in [2.75, 3.05) is 7.11 Å². The van der Waals surface area contributed by atoms with Gasteiger partial charge in [-0.15, -0.1) is 0 Å². The maximum Gasteiger partial charge on any atom is 0.342 e. The minimum Gasteiger partial charge on any atom is -0.496 e. The summed E-state index contributed by atoms with van der Waals surface area (Å²) < 4.78 is 10.7. The fraction of sp³-hybridized carbons (Fsp3) is 0.312. The van der Waals surface area contributed by atoms with Crippen molar-refractivity contribution in [1.29, 1.82) is 0 Å². The van der Waals surface area contributed by atoms with Gasteiger partial charge in [-0.3, -0.25) is 0 Å². The van der Waals surface area contributed by atoms with Gasteiger partial charge >= 0.3 is 5.97 Å². The summed E-state index contributed by atoms with van der Waals surface area (Å²) >= 11 is 0. The molecule has 0 saturated heterocycles. The van der Waals surface area contributed by atoms with Crippen molar-refractivity contribution >= 4 is 12.0 Å². The lowest BCUT2D eigenvalue weighted by atomic mass is 10.1. The highest BCUT2D eigenvalue weighted by Gasteiger charge is 2.19. The van der Waals surface area contributed by atoms with Crippen molar-refractivity contribution in [1.82, 2.24) is 0 Å². The highest BCUT2D eigenvalue weighted by atomic mass is 16.5. The first-order valence-electron chi connectivity index (χ1n) is 6.42. The highest BCUT2D eigenvalue weighted by molar-refractivity contribution is 5.93. The molecule has 3 nitrogen and oxygen atoms in total. The van der Waals surface area contributed by atoms with Gasteiger partial charge in [0.15, 0.2) is 0 Å². The van der Waals surface area contributed by atoms with E-state index in [0.717, 1.165) is 24.8 Å². The van der Waals surface area contributed by atoms with Crippen molar-refractivity contribution < 1.29 is 14.3 Å². The van der Waals surface area contributed by atoms with E-state index in [2.05, 4.69) is 12.7 Å². The smallest absolute Gasteiger partial charge is 0.342 e. The fourth-order valence-corrected chi connectivity index (χ4v) is 2.09. The molecule has 0 radical (unpaired) electrons. The molecule has 0 saturated carbocycles. The number of allylic oxidation sites excluding steroid dienone is 1. The predicted molar refractivity (Wildman–Crippen MR) is 75.3 cm³/mol. The number of ether oxygens (including phenoxy) is 2. The van der Waals surface area contributed by atoms with Gasteiger partial charge in [-0.2, -0.15) is 0 Å². The van der Waals surface area contributed by atoms with Crippen LogP contribution in [0.3, 0.4) is 0 Å². The lowest BCUT2D eigenvalue weighted by molar-refractivity contribution is 0.0366. The molecule has 0 aliphatic heterocycles. The van der Waals surface area contributed by atoms with E-state index in [1.165, 1.54) is 0 Å². The summed E-state index contributed by atoms with van der Waals surface area (Å²) in [6, 6.07) is 5.34. The molecule has 3 heteroatoms.